The Morgan fingerprint density at radius 3 is 2.68 bits per heavy atom. The van der Waals surface area contributed by atoms with Crippen molar-refractivity contribution in [3.63, 3.8) is 0 Å². The smallest absolute Gasteiger partial charge is 0.222 e. The van der Waals surface area contributed by atoms with Crippen molar-refractivity contribution >= 4 is 22.6 Å². The van der Waals surface area contributed by atoms with Gasteiger partial charge in [-0.15, -0.1) is 0 Å². The summed E-state index contributed by atoms with van der Waals surface area (Å²) in [6.07, 6.45) is 1.27. The molecule has 1 saturated heterocycles. The number of nitrogens with zero attached hydrogens (tertiary/aromatic N) is 3. The maximum Gasteiger partial charge on any atom is 0.222 e. The second-order valence-corrected chi connectivity index (χ2v) is 7.16. The van der Waals surface area contributed by atoms with Crippen molar-refractivity contribution in [2.45, 2.75) is 19.8 Å². The molecule has 28 heavy (non-hydrogen) atoms. The molecule has 0 unspecified atom stereocenters. The van der Waals surface area contributed by atoms with Crippen LogP contribution in [0, 0.1) is 6.92 Å². The number of fused-ring (bicyclic) bond motifs is 1. The van der Waals surface area contributed by atoms with Gasteiger partial charge in [-0.1, -0.05) is 18.2 Å². The fourth-order valence-corrected chi connectivity index (χ4v) is 3.62. The van der Waals surface area contributed by atoms with E-state index in [0.29, 0.717) is 13.0 Å². The highest BCUT2D eigenvalue weighted by molar-refractivity contribution is 5.80. The maximum atomic E-state index is 12.5. The second-order valence-electron chi connectivity index (χ2n) is 7.16. The third-order valence-corrected chi connectivity index (χ3v) is 5.13. The number of hydrogen-bond donors (Lipinski definition) is 1. The van der Waals surface area contributed by atoms with Crippen molar-refractivity contribution in [2.24, 2.45) is 0 Å². The average Bonchev–Trinajstić information content (AvgIpc) is 3.11. The fourth-order valence-electron chi connectivity index (χ4n) is 3.62. The SMILES string of the molecule is Cc1nc2ccc(N3CCN(C(=O)CCCOc4ccccc4)CC3)cc2[nH]1. The van der Waals surface area contributed by atoms with E-state index in [-0.39, 0.29) is 5.91 Å². The highest BCUT2D eigenvalue weighted by Gasteiger charge is 2.21. The van der Waals surface area contributed by atoms with Gasteiger partial charge in [0, 0.05) is 38.3 Å². The van der Waals surface area contributed by atoms with Crippen LogP contribution < -0.4 is 9.64 Å². The van der Waals surface area contributed by atoms with Crippen molar-refractivity contribution in [1.29, 1.82) is 0 Å². The van der Waals surface area contributed by atoms with E-state index in [1.165, 1.54) is 5.69 Å². The number of nitrogens with one attached hydrogen (secondary N) is 1. The molecule has 0 atom stereocenters. The van der Waals surface area contributed by atoms with Crippen molar-refractivity contribution < 1.29 is 9.53 Å². The van der Waals surface area contributed by atoms with E-state index in [0.717, 1.165) is 55.2 Å². The molecule has 0 saturated carbocycles. The van der Waals surface area contributed by atoms with E-state index in [9.17, 15) is 4.79 Å². The topological polar surface area (TPSA) is 61.5 Å². The number of rotatable bonds is 6. The Kier molecular flexibility index (Phi) is 5.46. The zero-order valence-corrected chi connectivity index (χ0v) is 16.2. The zero-order chi connectivity index (χ0) is 19.3. The van der Waals surface area contributed by atoms with Gasteiger partial charge in [0.05, 0.1) is 17.6 Å². The van der Waals surface area contributed by atoms with Gasteiger partial charge in [0.15, 0.2) is 0 Å². The number of H-pyrrole nitrogens is 1. The number of carbonyl (C=O) groups is 1. The Morgan fingerprint density at radius 1 is 1.11 bits per heavy atom. The molecule has 4 rings (SSSR count). The first-order valence-electron chi connectivity index (χ1n) is 9.86. The number of aryl methyl sites for hydroxylation is 1. The zero-order valence-electron chi connectivity index (χ0n) is 16.2. The van der Waals surface area contributed by atoms with E-state index < -0.39 is 0 Å². The lowest BCUT2D eigenvalue weighted by molar-refractivity contribution is -0.131. The third-order valence-electron chi connectivity index (χ3n) is 5.13. The first kappa shape index (κ1) is 18.3. The minimum absolute atomic E-state index is 0.218. The Balaban J connectivity index is 1.23. The molecule has 0 bridgehead atoms. The van der Waals surface area contributed by atoms with Gasteiger partial charge in [-0.3, -0.25) is 4.79 Å². The predicted molar refractivity (Wildman–Crippen MR) is 111 cm³/mol. The normalized spacial score (nSPS) is 14.5. The van der Waals surface area contributed by atoms with E-state index in [4.69, 9.17) is 4.74 Å². The number of benzene rings is 2. The molecule has 1 N–H and O–H groups in total. The lowest BCUT2D eigenvalue weighted by atomic mass is 10.2. The van der Waals surface area contributed by atoms with Gasteiger partial charge < -0.3 is 19.5 Å². The van der Waals surface area contributed by atoms with Crippen molar-refractivity contribution in [1.82, 2.24) is 14.9 Å². The van der Waals surface area contributed by atoms with E-state index in [1.54, 1.807) is 0 Å². The average molecular weight is 378 g/mol. The van der Waals surface area contributed by atoms with Gasteiger partial charge in [-0.2, -0.15) is 0 Å². The maximum absolute atomic E-state index is 12.5. The summed E-state index contributed by atoms with van der Waals surface area (Å²) in [5.74, 6) is 2.00. The summed E-state index contributed by atoms with van der Waals surface area (Å²) in [5.41, 5.74) is 3.24. The Bertz CT molecular complexity index is 930. The molecule has 1 fully saturated rings. The predicted octanol–water partition coefficient (Wildman–Crippen LogP) is 3.38. The molecule has 2 aromatic carbocycles. The van der Waals surface area contributed by atoms with E-state index in [2.05, 4.69) is 33.1 Å². The van der Waals surface area contributed by atoms with Gasteiger partial charge >= 0.3 is 0 Å². The summed E-state index contributed by atoms with van der Waals surface area (Å²) in [5, 5.41) is 0. The van der Waals surface area contributed by atoms with Crippen LogP contribution in [0.15, 0.2) is 48.5 Å². The van der Waals surface area contributed by atoms with Crippen LogP contribution in [0.3, 0.4) is 0 Å². The Morgan fingerprint density at radius 2 is 1.89 bits per heavy atom. The van der Waals surface area contributed by atoms with Crippen LogP contribution in [0.5, 0.6) is 5.75 Å². The molecule has 1 aliphatic heterocycles. The number of piperazine rings is 1. The molecule has 0 radical (unpaired) electrons. The number of anilines is 1. The van der Waals surface area contributed by atoms with Crippen LogP contribution in [0.2, 0.25) is 0 Å². The van der Waals surface area contributed by atoms with Gasteiger partial charge in [0.2, 0.25) is 5.91 Å². The number of carbonyl (C=O) groups excluding carboxylic acids is 1. The molecule has 2 heterocycles. The third kappa shape index (κ3) is 4.27. The Hall–Kier alpha value is -3.02. The highest BCUT2D eigenvalue weighted by Crippen LogP contribution is 2.22. The monoisotopic (exact) mass is 378 g/mol. The first-order valence-corrected chi connectivity index (χ1v) is 9.86. The molecule has 6 heteroatoms. The van der Waals surface area contributed by atoms with Crippen molar-refractivity contribution in [3.8, 4) is 5.75 Å². The van der Waals surface area contributed by atoms with Gasteiger partial charge in [0.25, 0.3) is 0 Å². The summed E-state index contributed by atoms with van der Waals surface area (Å²) < 4.78 is 5.67. The second kappa shape index (κ2) is 8.33. The van der Waals surface area contributed by atoms with Crippen LogP contribution in [-0.4, -0.2) is 53.6 Å². The first-order chi connectivity index (χ1) is 13.7. The van der Waals surface area contributed by atoms with Gasteiger partial charge in [-0.25, -0.2) is 4.98 Å². The molecule has 3 aromatic rings. The van der Waals surface area contributed by atoms with Crippen molar-refractivity contribution in [2.75, 3.05) is 37.7 Å². The van der Waals surface area contributed by atoms with Crippen LogP contribution >= 0.6 is 0 Å². The standard InChI is InChI=1S/C22H26N4O2/c1-17-23-20-10-9-18(16-21(20)24-17)25-11-13-26(14-12-25)22(27)8-5-15-28-19-6-3-2-4-7-19/h2-4,6-7,9-10,16H,5,8,11-15H2,1H3,(H,23,24). The van der Waals surface area contributed by atoms with E-state index >= 15 is 0 Å². The summed E-state index contributed by atoms with van der Waals surface area (Å²) in [7, 11) is 0. The minimum Gasteiger partial charge on any atom is -0.494 e. The van der Waals surface area contributed by atoms with E-state index in [1.807, 2.05) is 42.2 Å². The molecular formula is C22H26N4O2. The molecular weight excluding hydrogens is 352 g/mol. The van der Waals surface area contributed by atoms with Crippen LogP contribution in [0.25, 0.3) is 11.0 Å². The number of amides is 1. The highest BCUT2D eigenvalue weighted by atomic mass is 16.5. The molecule has 1 aliphatic rings. The fraction of sp³-hybridized carbons (Fsp3) is 0.364. The van der Waals surface area contributed by atoms with Crippen LogP contribution in [0.4, 0.5) is 5.69 Å². The number of ether oxygens (including phenoxy) is 1. The number of aromatic nitrogens is 2. The van der Waals surface area contributed by atoms with Gasteiger partial charge in [0.1, 0.15) is 11.6 Å². The largest absolute Gasteiger partial charge is 0.494 e. The molecule has 1 amide bonds. The minimum atomic E-state index is 0.218. The van der Waals surface area contributed by atoms with Crippen molar-refractivity contribution in [3.05, 3.63) is 54.4 Å². The quantitative estimate of drug-likeness (QED) is 0.668. The number of imidazole rings is 1. The number of hydrogen-bond acceptors (Lipinski definition) is 4. The number of para-hydroxylation sites is 1. The Labute approximate surface area is 165 Å². The molecule has 146 valence electrons. The van der Waals surface area contributed by atoms with Crippen LogP contribution in [-0.2, 0) is 4.79 Å². The van der Waals surface area contributed by atoms with Crippen LogP contribution in [0.1, 0.15) is 18.7 Å². The lowest BCUT2D eigenvalue weighted by Gasteiger charge is -2.36. The molecule has 0 aliphatic carbocycles. The summed E-state index contributed by atoms with van der Waals surface area (Å²) in [4.78, 5) is 24.5. The number of aromatic amines is 1. The molecule has 1 aromatic heterocycles. The summed E-state index contributed by atoms with van der Waals surface area (Å²) in [6, 6.07) is 16.0. The summed E-state index contributed by atoms with van der Waals surface area (Å²) in [6.45, 7) is 5.76. The summed E-state index contributed by atoms with van der Waals surface area (Å²) >= 11 is 0. The van der Waals surface area contributed by atoms with Gasteiger partial charge in [-0.05, 0) is 43.7 Å². The molecule has 0 spiro atoms. The lowest BCUT2D eigenvalue weighted by Crippen LogP contribution is -2.48. The molecule has 6 nitrogen and oxygen atoms in total.